The summed E-state index contributed by atoms with van der Waals surface area (Å²) in [6, 6.07) is 8.05. The largest absolute Gasteiger partial charge is 0.394 e. The molecule has 0 saturated carbocycles. The van der Waals surface area contributed by atoms with E-state index in [0.29, 0.717) is 24.3 Å². The average Bonchev–Trinajstić information content (AvgIpc) is 2.70. The first-order chi connectivity index (χ1) is 9.08. The Bertz CT molecular complexity index is 589. The summed E-state index contributed by atoms with van der Waals surface area (Å²) < 4.78 is 0. The predicted octanol–water partition coefficient (Wildman–Crippen LogP) is 2.18. The van der Waals surface area contributed by atoms with Gasteiger partial charge in [0.05, 0.1) is 11.4 Å². The molecule has 1 aromatic carbocycles. The molecule has 2 aromatic rings. The number of aromatic amines is 1. The molecular formula is C14H18N4O. The molecule has 5 heteroatoms. The number of nitrogens with two attached hydrogens (primary N) is 1. The predicted molar refractivity (Wildman–Crippen MR) is 75.9 cm³/mol. The number of rotatable bonds is 4. The second-order valence-electron chi connectivity index (χ2n) is 4.59. The van der Waals surface area contributed by atoms with Gasteiger partial charge in [-0.05, 0) is 31.4 Å². The number of carbonyl (C=O) groups excluding carboxylic acids is 1. The highest BCUT2D eigenvalue weighted by molar-refractivity contribution is 5.92. The van der Waals surface area contributed by atoms with Crippen LogP contribution in [0.3, 0.4) is 0 Å². The Hall–Kier alpha value is -2.30. The first-order valence-electron chi connectivity index (χ1n) is 6.22. The zero-order chi connectivity index (χ0) is 13.8. The van der Waals surface area contributed by atoms with E-state index in [1.165, 1.54) is 11.1 Å². The molecule has 0 saturated heterocycles. The molecule has 0 spiro atoms. The van der Waals surface area contributed by atoms with Crippen molar-refractivity contribution in [3.8, 4) is 0 Å². The summed E-state index contributed by atoms with van der Waals surface area (Å²) >= 11 is 0. The summed E-state index contributed by atoms with van der Waals surface area (Å²) in [5.41, 5.74) is 9.41. The number of hydrogen-bond acceptors (Lipinski definition) is 3. The van der Waals surface area contributed by atoms with Crippen molar-refractivity contribution < 1.29 is 4.79 Å². The van der Waals surface area contributed by atoms with Crippen molar-refractivity contribution in [2.24, 2.45) is 0 Å². The number of carbonyl (C=O) groups is 1. The van der Waals surface area contributed by atoms with Crippen LogP contribution in [0.1, 0.15) is 23.2 Å². The molecule has 0 unspecified atom stereocenters. The van der Waals surface area contributed by atoms with Crippen molar-refractivity contribution >= 4 is 17.4 Å². The SMILES string of the molecule is Cc1ccccc1CCC(=O)Nc1n[nH]c(C)c1N. The van der Waals surface area contributed by atoms with E-state index in [-0.39, 0.29) is 5.91 Å². The maximum Gasteiger partial charge on any atom is 0.225 e. The van der Waals surface area contributed by atoms with Crippen molar-refractivity contribution in [2.75, 3.05) is 11.1 Å². The normalized spacial score (nSPS) is 10.4. The van der Waals surface area contributed by atoms with Gasteiger partial charge in [0, 0.05) is 6.42 Å². The zero-order valence-corrected chi connectivity index (χ0v) is 11.2. The van der Waals surface area contributed by atoms with E-state index in [4.69, 9.17) is 5.73 Å². The molecule has 100 valence electrons. The molecule has 19 heavy (non-hydrogen) atoms. The highest BCUT2D eigenvalue weighted by Gasteiger charge is 2.10. The molecule has 1 amide bonds. The van der Waals surface area contributed by atoms with E-state index in [1.54, 1.807) is 0 Å². The number of aryl methyl sites for hydroxylation is 3. The number of hydrogen-bond donors (Lipinski definition) is 3. The topological polar surface area (TPSA) is 83.8 Å². The first-order valence-corrected chi connectivity index (χ1v) is 6.22. The highest BCUT2D eigenvalue weighted by Crippen LogP contribution is 2.18. The highest BCUT2D eigenvalue weighted by atomic mass is 16.1. The van der Waals surface area contributed by atoms with Crippen LogP contribution in [0, 0.1) is 13.8 Å². The number of nitrogens with zero attached hydrogens (tertiary/aromatic N) is 1. The minimum Gasteiger partial charge on any atom is -0.394 e. The van der Waals surface area contributed by atoms with E-state index in [9.17, 15) is 4.79 Å². The quantitative estimate of drug-likeness (QED) is 0.786. The molecule has 2 rings (SSSR count). The summed E-state index contributed by atoms with van der Waals surface area (Å²) in [4.78, 5) is 11.8. The average molecular weight is 258 g/mol. The summed E-state index contributed by atoms with van der Waals surface area (Å²) in [5, 5.41) is 9.40. The van der Waals surface area contributed by atoms with E-state index >= 15 is 0 Å². The fourth-order valence-electron chi connectivity index (χ4n) is 1.87. The van der Waals surface area contributed by atoms with Crippen molar-refractivity contribution in [3.05, 3.63) is 41.1 Å². The molecule has 1 heterocycles. The molecule has 0 radical (unpaired) electrons. The monoisotopic (exact) mass is 258 g/mol. The summed E-state index contributed by atoms with van der Waals surface area (Å²) in [6.45, 7) is 3.85. The number of nitrogens with one attached hydrogen (secondary N) is 2. The second-order valence-corrected chi connectivity index (χ2v) is 4.59. The van der Waals surface area contributed by atoms with Crippen LogP contribution in [0.2, 0.25) is 0 Å². The third-order valence-electron chi connectivity index (χ3n) is 3.14. The van der Waals surface area contributed by atoms with E-state index in [1.807, 2.05) is 38.1 Å². The Morgan fingerprint density at radius 2 is 2.11 bits per heavy atom. The Morgan fingerprint density at radius 1 is 1.37 bits per heavy atom. The number of benzene rings is 1. The van der Waals surface area contributed by atoms with Gasteiger partial charge >= 0.3 is 0 Å². The number of nitrogen functional groups attached to an aromatic ring is 1. The Morgan fingerprint density at radius 3 is 2.74 bits per heavy atom. The second kappa shape index (κ2) is 5.56. The van der Waals surface area contributed by atoms with Gasteiger partial charge < -0.3 is 11.1 Å². The van der Waals surface area contributed by atoms with Gasteiger partial charge in [-0.15, -0.1) is 0 Å². The van der Waals surface area contributed by atoms with Gasteiger partial charge in [0.1, 0.15) is 0 Å². The molecule has 0 bridgehead atoms. The Labute approximate surface area is 112 Å². The van der Waals surface area contributed by atoms with Crippen molar-refractivity contribution in [3.63, 3.8) is 0 Å². The molecular weight excluding hydrogens is 240 g/mol. The first kappa shape index (κ1) is 13.1. The molecule has 4 N–H and O–H groups in total. The molecule has 0 aliphatic rings. The molecule has 0 fully saturated rings. The van der Waals surface area contributed by atoms with Crippen LogP contribution in [-0.2, 0) is 11.2 Å². The number of anilines is 2. The number of amides is 1. The Balaban J connectivity index is 1.92. The third kappa shape index (κ3) is 3.13. The third-order valence-corrected chi connectivity index (χ3v) is 3.14. The summed E-state index contributed by atoms with van der Waals surface area (Å²) in [6.07, 6.45) is 1.12. The van der Waals surface area contributed by atoms with Crippen LogP contribution in [0.4, 0.5) is 11.5 Å². The smallest absolute Gasteiger partial charge is 0.225 e. The zero-order valence-electron chi connectivity index (χ0n) is 11.2. The van der Waals surface area contributed by atoms with Crippen LogP contribution >= 0.6 is 0 Å². The van der Waals surface area contributed by atoms with E-state index in [0.717, 1.165) is 5.69 Å². The van der Waals surface area contributed by atoms with Gasteiger partial charge in [-0.25, -0.2) is 0 Å². The Kier molecular flexibility index (Phi) is 3.85. The molecule has 0 atom stereocenters. The van der Waals surface area contributed by atoms with Crippen LogP contribution in [0.5, 0.6) is 0 Å². The van der Waals surface area contributed by atoms with Gasteiger partial charge in [0.15, 0.2) is 5.82 Å². The molecule has 1 aromatic heterocycles. The lowest BCUT2D eigenvalue weighted by Gasteiger charge is -2.06. The van der Waals surface area contributed by atoms with Crippen LogP contribution in [-0.4, -0.2) is 16.1 Å². The van der Waals surface area contributed by atoms with Crippen LogP contribution < -0.4 is 11.1 Å². The summed E-state index contributed by atoms with van der Waals surface area (Å²) in [7, 11) is 0. The minimum atomic E-state index is -0.0820. The van der Waals surface area contributed by atoms with Crippen LogP contribution in [0.25, 0.3) is 0 Å². The lowest BCUT2D eigenvalue weighted by atomic mass is 10.0. The van der Waals surface area contributed by atoms with Gasteiger partial charge in [-0.1, -0.05) is 24.3 Å². The van der Waals surface area contributed by atoms with Crippen LogP contribution in [0.15, 0.2) is 24.3 Å². The summed E-state index contributed by atoms with van der Waals surface area (Å²) in [5.74, 6) is 0.328. The maximum atomic E-state index is 11.8. The minimum absolute atomic E-state index is 0.0820. The van der Waals surface area contributed by atoms with Crippen molar-refractivity contribution in [1.29, 1.82) is 0 Å². The molecule has 5 nitrogen and oxygen atoms in total. The van der Waals surface area contributed by atoms with E-state index in [2.05, 4.69) is 15.5 Å². The fraction of sp³-hybridized carbons (Fsp3) is 0.286. The van der Waals surface area contributed by atoms with Gasteiger partial charge in [0.2, 0.25) is 5.91 Å². The standard InChI is InChI=1S/C14H18N4O/c1-9-5-3-4-6-11(9)7-8-12(19)16-14-13(15)10(2)17-18-14/h3-6H,7-8,15H2,1-2H3,(H2,16,17,18,19). The van der Waals surface area contributed by atoms with Gasteiger partial charge in [-0.3, -0.25) is 9.89 Å². The maximum absolute atomic E-state index is 11.8. The lowest BCUT2D eigenvalue weighted by molar-refractivity contribution is -0.116. The lowest BCUT2D eigenvalue weighted by Crippen LogP contribution is -2.14. The van der Waals surface area contributed by atoms with Gasteiger partial charge in [0.25, 0.3) is 0 Å². The number of H-pyrrole nitrogens is 1. The number of aromatic nitrogens is 2. The van der Waals surface area contributed by atoms with Gasteiger partial charge in [-0.2, -0.15) is 5.10 Å². The van der Waals surface area contributed by atoms with Crippen molar-refractivity contribution in [1.82, 2.24) is 10.2 Å². The molecule has 0 aliphatic heterocycles. The fourth-order valence-corrected chi connectivity index (χ4v) is 1.87. The van der Waals surface area contributed by atoms with E-state index < -0.39 is 0 Å². The van der Waals surface area contributed by atoms with Crippen molar-refractivity contribution in [2.45, 2.75) is 26.7 Å². The molecule has 0 aliphatic carbocycles.